The molecule has 4 aromatic carbocycles. The molecule has 2 heterocycles. The zero-order valence-corrected chi connectivity index (χ0v) is 27.5. The second-order valence-electron chi connectivity index (χ2n) is 12.7. The number of hydrogen-bond acceptors (Lipinski definition) is 3. The van der Waals surface area contributed by atoms with Crippen molar-refractivity contribution >= 4 is 54.8 Å². The second kappa shape index (κ2) is 11.5. The second-order valence-corrected chi connectivity index (χ2v) is 14.1. The van der Waals surface area contributed by atoms with E-state index in [2.05, 4.69) is 51.2 Å². The molecule has 0 fully saturated rings. The van der Waals surface area contributed by atoms with E-state index in [-0.39, 0.29) is 6.03 Å². The van der Waals surface area contributed by atoms with Gasteiger partial charge in [0.2, 0.25) is 5.69 Å². The SMILES string of the molecule is CNC(=O)N1/C(=C/C=C/C=C/C=C/C2=[N+](CS(=O)(=O)O)c3ccc4ccccc4c3C2(C)C)C(C)(C)c2c1ccc1ccccc21. The van der Waals surface area contributed by atoms with E-state index in [1.165, 1.54) is 0 Å². The average Bonchev–Trinajstić information content (AvgIpc) is 3.38. The van der Waals surface area contributed by atoms with Crippen LogP contribution in [-0.4, -0.2) is 42.2 Å². The Morgan fingerprint density at radius 1 is 0.804 bits per heavy atom. The number of benzene rings is 4. The predicted octanol–water partition coefficient (Wildman–Crippen LogP) is 7.90. The van der Waals surface area contributed by atoms with Crippen molar-refractivity contribution in [1.82, 2.24) is 5.32 Å². The van der Waals surface area contributed by atoms with Crippen molar-refractivity contribution in [2.45, 2.75) is 38.5 Å². The summed E-state index contributed by atoms with van der Waals surface area (Å²) in [7, 11) is -2.65. The topological polar surface area (TPSA) is 89.7 Å². The Morgan fingerprint density at radius 3 is 2.04 bits per heavy atom. The van der Waals surface area contributed by atoms with Crippen molar-refractivity contribution in [2.75, 3.05) is 17.8 Å². The first kappa shape index (κ1) is 31.2. The molecule has 2 amide bonds. The summed E-state index contributed by atoms with van der Waals surface area (Å²) < 4.78 is 35.6. The maximum atomic E-state index is 13.1. The van der Waals surface area contributed by atoms with E-state index in [1.807, 2.05) is 97.1 Å². The monoisotopic (exact) mass is 632 g/mol. The molecule has 2 aliphatic heterocycles. The minimum absolute atomic E-state index is 0.195. The summed E-state index contributed by atoms with van der Waals surface area (Å²) in [6.45, 7) is 8.42. The van der Waals surface area contributed by atoms with Gasteiger partial charge in [-0.2, -0.15) is 13.0 Å². The lowest BCUT2D eigenvalue weighted by atomic mass is 9.79. The lowest BCUT2D eigenvalue weighted by molar-refractivity contribution is -0.415. The van der Waals surface area contributed by atoms with Crippen LogP contribution in [0, 0.1) is 0 Å². The molecular weight excluding hydrogens is 595 g/mol. The first-order valence-electron chi connectivity index (χ1n) is 15.2. The Labute approximate surface area is 270 Å². The van der Waals surface area contributed by atoms with E-state index in [9.17, 15) is 17.8 Å². The molecule has 8 heteroatoms. The highest BCUT2D eigenvalue weighted by Gasteiger charge is 2.47. The third kappa shape index (κ3) is 5.27. The minimum Gasteiger partial charge on any atom is -0.340 e. The van der Waals surface area contributed by atoms with Gasteiger partial charge in [0.1, 0.15) is 0 Å². The van der Waals surface area contributed by atoms with Crippen LogP contribution in [0.4, 0.5) is 16.2 Å². The van der Waals surface area contributed by atoms with E-state index >= 15 is 0 Å². The number of allylic oxidation sites excluding steroid dienone is 8. The lowest BCUT2D eigenvalue weighted by Crippen LogP contribution is -2.38. The first-order valence-corrected chi connectivity index (χ1v) is 16.9. The van der Waals surface area contributed by atoms with Crippen LogP contribution in [0.25, 0.3) is 21.5 Å². The van der Waals surface area contributed by atoms with Gasteiger partial charge < -0.3 is 5.32 Å². The largest absolute Gasteiger partial charge is 0.340 e. The van der Waals surface area contributed by atoms with Gasteiger partial charge in [0.15, 0.2) is 5.71 Å². The Bertz CT molecular complexity index is 2170. The van der Waals surface area contributed by atoms with E-state index in [0.717, 1.165) is 55.5 Å². The van der Waals surface area contributed by atoms with Crippen molar-refractivity contribution in [3.63, 3.8) is 0 Å². The van der Waals surface area contributed by atoms with Gasteiger partial charge >= 0.3 is 16.1 Å². The summed E-state index contributed by atoms with van der Waals surface area (Å²) in [4.78, 5) is 14.8. The molecule has 234 valence electrons. The van der Waals surface area contributed by atoms with Crippen LogP contribution in [0.3, 0.4) is 0 Å². The van der Waals surface area contributed by atoms with Crippen LogP contribution >= 0.6 is 0 Å². The van der Waals surface area contributed by atoms with Crippen molar-refractivity contribution in [2.24, 2.45) is 0 Å². The summed E-state index contributed by atoms with van der Waals surface area (Å²) in [6, 6.07) is 24.1. The van der Waals surface area contributed by atoms with E-state index < -0.39 is 26.8 Å². The van der Waals surface area contributed by atoms with E-state index in [0.29, 0.717) is 0 Å². The fraction of sp³-hybridized carbons (Fsp3) is 0.211. The number of carbonyl (C=O) groups excluding carboxylic acids is 1. The normalized spacial score (nSPS) is 18.1. The maximum Gasteiger partial charge on any atom is 0.326 e. The smallest absolute Gasteiger partial charge is 0.326 e. The van der Waals surface area contributed by atoms with E-state index in [4.69, 9.17) is 0 Å². The molecule has 4 aromatic rings. The third-order valence-corrected chi connectivity index (χ3v) is 9.65. The number of fused-ring (bicyclic) bond motifs is 6. The molecule has 0 aliphatic carbocycles. The van der Waals surface area contributed by atoms with Crippen molar-refractivity contribution in [1.29, 1.82) is 0 Å². The number of carbonyl (C=O) groups is 1. The van der Waals surface area contributed by atoms with Gasteiger partial charge in [-0.25, -0.2) is 4.79 Å². The van der Waals surface area contributed by atoms with Crippen LogP contribution in [0.2, 0.25) is 0 Å². The van der Waals surface area contributed by atoms with Crippen LogP contribution in [0.1, 0.15) is 38.8 Å². The Kier molecular flexibility index (Phi) is 7.82. The number of nitrogens with one attached hydrogen (secondary N) is 1. The summed E-state index contributed by atoms with van der Waals surface area (Å²) in [5.74, 6) is -0.534. The quantitative estimate of drug-likeness (QED) is 0.128. The number of amides is 2. The molecule has 6 rings (SSSR count). The molecule has 2 N–H and O–H groups in total. The molecule has 0 unspecified atom stereocenters. The lowest BCUT2D eigenvalue weighted by Gasteiger charge is -2.25. The summed E-state index contributed by atoms with van der Waals surface area (Å²) in [5.41, 5.74) is 4.49. The van der Waals surface area contributed by atoms with Crippen LogP contribution in [0.15, 0.2) is 121 Å². The van der Waals surface area contributed by atoms with Crippen molar-refractivity contribution in [3.05, 3.63) is 132 Å². The van der Waals surface area contributed by atoms with Gasteiger partial charge in [-0.05, 0) is 59.2 Å². The molecular formula is C38H38N3O4S+. The number of urea groups is 1. The molecule has 0 atom stereocenters. The highest BCUT2D eigenvalue weighted by atomic mass is 32.2. The standard InChI is InChI=1S/C38H37N3O4S/c1-37(2)32(40(25-46(43,44)45)30-23-21-26-15-11-13-17-28(26)34(30)37)19-9-7-6-8-10-20-33-38(3,4)35-29-18-14-12-16-27(29)22-24-31(35)41(33)36(42)39-5/h6-24H,25H2,1-5H3,(H-,39,42,43,44,45)/p+1. The highest BCUT2D eigenvalue weighted by molar-refractivity contribution is 7.85. The Balaban J connectivity index is 1.30. The molecule has 7 nitrogen and oxygen atoms in total. The van der Waals surface area contributed by atoms with Gasteiger partial charge in [-0.3, -0.25) is 9.45 Å². The summed E-state index contributed by atoms with van der Waals surface area (Å²) in [6.07, 6.45) is 13.3. The van der Waals surface area contributed by atoms with Gasteiger partial charge in [0.05, 0.1) is 11.1 Å². The molecule has 0 saturated heterocycles. The third-order valence-electron chi connectivity index (χ3n) is 9.07. The molecule has 0 spiro atoms. The maximum absolute atomic E-state index is 13.1. The minimum atomic E-state index is -4.29. The number of hydrogen-bond donors (Lipinski definition) is 2. The molecule has 0 radical (unpaired) electrons. The molecule has 0 aromatic heterocycles. The summed E-state index contributed by atoms with van der Waals surface area (Å²) in [5, 5.41) is 7.17. The van der Waals surface area contributed by atoms with Crippen LogP contribution in [-0.2, 0) is 20.9 Å². The van der Waals surface area contributed by atoms with Crippen LogP contribution < -0.4 is 10.2 Å². The average molecular weight is 633 g/mol. The van der Waals surface area contributed by atoms with Crippen LogP contribution in [0.5, 0.6) is 0 Å². The van der Waals surface area contributed by atoms with Crippen molar-refractivity contribution < 1.29 is 22.3 Å². The molecule has 46 heavy (non-hydrogen) atoms. The van der Waals surface area contributed by atoms with Gasteiger partial charge in [0.25, 0.3) is 5.88 Å². The fourth-order valence-corrected chi connectivity index (χ4v) is 7.68. The van der Waals surface area contributed by atoms with Gasteiger partial charge in [0, 0.05) is 35.9 Å². The zero-order chi connectivity index (χ0) is 32.9. The molecule has 0 saturated carbocycles. The van der Waals surface area contributed by atoms with Gasteiger partial charge in [-0.15, -0.1) is 0 Å². The van der Waals surface area contributed by atoms with E-state index in [1.54, 1.807) is 16.5 Å². The van der Waals surface area contributed by atoms with Gasteiger partial charge in [-0.1, -0.05) is 98.8 Å². The molecule has 0 bridgehead atoms. The fourth-order valence-electron chi connectivity index (χ4n) is 7.08. The zero-order valence-electron chi connectivity index (χ0n) is 26.7. The first-order chi connectivity index (χ1) is 21.9. The molecule has 2 aliphatic rings. The Hall–Kier alpha value is -4.79. The predicted molar refractivity (Wildman–Crippen MR) is 188 cm³/mol. The van der Waals surface area contributed by atoms with Crippen molar-refractivity contribution in [3.8, 4) is 0 Å². The number of anilines is 1. The number of rotatable bonds is 6. The number of nitrogens with zero attached hydrogens (tertiary/aromatic N) is 2. The highest BCUT2D eigenvalue weighted by Crippen LogP contribution is 2.51. The summed E-state index contributed by atoms with van der Waals surface area (Å²) >= 11 is 0. The Morgan fingerprint density at radius 2 is 1.39 bits per heavy atom.